The average molecular weight is 393 g/mol. The first-order valence-electron chi connectivity index (χ1n) is 11.2. The van der Waals surface area contributed by atoms with Crippen molar-refractivity contribution in [2.45, 2.75) is 96.8 Å². The van der Waals surface area contributed by atoms with Gasteiger partial charge in [0.1, 0.15) is 0 Å². The van der Waals surface area contributed by atoms with E-state index in [0.29, 0.717) is 12.1 Å². The molecule has 1 aromatic carbocycles. The zero-order chi connectivity index (χ0) is 20.8. The molecule has 2 aliphatic rings. The zero-order valence-electron chi connectivity index (χ0n) is 18.9. The molecule has 0 radical (unpaired) electrons. The average Bonchev–Trinajstić information content (AvgIpc) is 3.45. The van der Waals surface area contributed by atoms with Gasteiger partial charge in [0.05, 0.1) is 5.69 Å². The summed E-state index contributed by atoms with van der Waals surface area (Å²) in [6.45, 7) is 13.6. The normalized spacial score (nSPS) is 21.2. The van der Waals surface area contributed by atoms with Crippen LogP contribution in [0.3, 0.4) is 0 Å². The van der Waals surface area contributed by atoms with Gasteiger partial charge in [-0.2, -0.15) is 0 Å². The van der Waals surface area contributed by atoms with Crippen LogP contribution in [0.4, 0.5) is 5.82 Å². The second kappa shape index (κ2) is 7.39. The van der Waals surface area contributed by atoms with Crippen molar-refractivity contribution in [3.63, 3.8) is 0 Å². The van der Waals surface area contributed by atoms with E-state index in [9.17, 15) is 0 Å². The molecule has 29 heavy (non-hydrogen) atoms. The third kappa shape index (κ3) is 4.48. The first-order chi connectivity index (χ1) is 13.7. The number of nitrogens with one attached hydrogen (secondary N) is 1. The Labute approximate surface area is 176 Å². The van der Waals surface area contributed by atoms with Crippen LogP contribution < -0.4 is 10.2 Å². The molecule has 4 nitrogen and oxygen atoms in total. The Balaban J connectivity index is 1.63. The van der Waals surface area contributed by atoms with Crippen molar-refractivity contribution in [3.05, 3.63) is 41.5 Å². The van der Waals surface area contributed by atoms with Crippen LogP contribution in [0.1, 0.15) is 71.4 Å². The highest BCUT2D eigenvalue weighted by Crippen LogP contribution is 2.40. The van der Waals surface area contributed by atoms with E-state index in [2.05, 4.69) is 87.2 Å². The smallest absolute Gasteiger partial charge is 0.151 e. The van der Waals surface area contributed by atoms with E-state index in [1.807, 2.05) is 0 Å². The molecule has 0 spiro atoms. The minimum Gasteiger partial charge on any atom is -0.349 e. The molecular weight excluding hydrogens is 356 g/mol. The van der Waals surface area contributed by atoms with Crippen LogP contribution >= 0.6 is 0 Å². The van der Waals surface area contributed by atoms with Gasteiger partial charge in [-0.25, -0.2) is 0 Å². The van der Waals surface area contributed by atoms with Crippen molar-refractivity contribution < 1.29 is 0 Å². The van der Waals surface area contributed by atoms with Crippen molar-refractivity contribution in [1.82, 2.24) is 15.5 Å². The Morgan fingerprint density at radius 1 is 0.966 bits per heavy atom. The number of aryl methyl sites for hydroxylation is 2. The molecule has 0 unspecified atom stereocenters. The van der Waals surface area contributed by atoms with Gasteiger partial charge in [0, 0.05) is 28.7 Å². The van der Waals surface area contributed by atoms with Crippen LogP contribution in [0, 0.1) is 6.92 Å². The molecule has 0 atom stereocenters. The van der Waals surface area contributed by atoms with Crippen LogP contribution in [0.5, 0.6) is 0 Å². The quantitative estimate of drug-likeness (QED) is 0.750. The number of rotatable bonds is 5. The molecule has 2 aromatic rings. The summed E-state index contributed by atoms with van der Waals surface area (Å²) in [4.78, 5) is 2.58. The summed E-state index contributed by atoms with van der Waals surface area (Å²) in [5.41, 5.74) is 5.08. The molecule has 2 heterocycles. The van der Waals surface area contributed by atoms with Crippen LogP contribution in [-0.2, 0) is 6.42 Å². The number of piperidine rings is 1. The minimum absolute atomic E-state index is 0.130. The highest BCUT2D eigenvalue weighted by Gasteiger charge is 2.44. The molecule has 1 aliphatic carbocycles. The summed E-state index contributed by atoms with van der Waals surface area (Å²) in [6.07, 6.45) is 5.81. The standard InChI is InChI=1S/C25H36N4/c1-7-18-14-17(2)8-11-21(18)22-12-13-23(27-26-22)29(19-9-10-19)20-15-24(3,4)28-25(5,6)16-20/h8,11-14,19-20,28H,7,9-10,15-16H2,1-6H3. The fourth-order valence-electron chi connectivity index (χ4n) is 5.36. The Morgan fingerprint density at radius 3 is 2.21 bits per heavy atom. The Morgan fingerprint density at radius 2 is 1.66 bits per heavy atom. The van der Waals surface area contributed by atoms with E-state index in [1.165, 1.54) is 29.5 Å². The van der Waals surface area contributed by atoms with Gasteiger partial charge in [-0.1, -0.05) is 30.7 Å². The maximum Gasteiger partial charge on any atom is 0.151 e. The highest BCUT2D eigenvalue weighted by atomic mass is 15.3. The summed E-state index contributed by atoms with van der Waals surface area (Å²) < 4.78 is 0. The third-order valence-corrected chi connectivity index (χ3v) is 6.33. The van der Waals surface area contributed by atoms with Crippen LogP contribution in [0.15, 0.2) is 30.3 Å². The van der Waals surface area contributed by atoms with E-state index < -0.39 is 0 Å². The van der Waals surface area contributed by atoms with Crippen LogP contribution in [0.25, 0.3) is 11.3 Å². The predicted octanol–water partition coefficient (Wildman–Crippen LogP) is 5.29. The summed E-state index contributed by atoms with van der Waals surface area (Å²) in [7, 11) is 0. The molecule has 4 heteroatoms. The topological polar surface area (TPSA) is 41.0 Å². The number of anilines is 1. The van der Waals surface area contributed by atoms with E-state index in [4.69, 9.17) is 5.10 Å². The Kier molecular flexibility index (Phi) is 5.18. The number of hydrogen-bond donors (Lipinski definition) is 1. The summed E-state index contributed by atoms with van der Waals surface area (Å²) >= 11 is 0. The number of nitrogens with zero attached hydrogens (tertiary/aromatic N) is 3. The monoisotopic (exact) mass is 392 g/mol. The SMILES string of the molecule is CCc1cc(C)ccc1-c1ccc(N(C2CC2)C2CC(C)(C)NC(C)(C)C2)nn1. The number of aromatic nitrogens is 2. The maximum atomic E-state index is 4.74. The van der Waals surface area contributed by atoms with Crippen molar-refractivity contribution in [2.75, 3.05) is 4.90 Å². The predicted molar refractivity (Wildman–Crippen MR) is 121 cm³/mol. The van der Waals surface area contributed by atoms with Gasteiger partial charge >= 0.3 is 0 Å². The van der Waals surface area contributed by atoms with E-state index >= 15 is 0 Å². The lowest BCUT2D eigenvalue weighted by Crippen LogP contribution is -2.62. The molecule has 0 bridgehead atoms. The van der Waals surface area contributed by atoms with E-state index in [1.54, 1.807) is 0 Å². The second-order valence-electron chi connectivity index (χ2n) is 10.4. The number of benzene rings is 1. The maximum absolute atomic E-state index is 4.74. The molecule has 1 N–H and O–H groups in total. The van der Waals surface area contributed by atoms with Gasteiger partial charge in [0.25, 0.3) is 0 Å². The fourth-order valence-corrected chi connectivity index (χ4v) is 5.36. The van der Waals surface area contributed by atoms with Gasteiger partial charge in [0.2, 0.25) is 0 Å². The van der Waals surface area contributed by atoms with Crippen molar-refractivity contribution in [3.8, 4) is 11.3 Å². The number of hydrogen-bond acceptors (Lipinski definition) is 4. The fraction of sp³-hybridized carbons (Fsp3) is 0.600. The molecule has 2 fully saturated rings. The van der Waals surface area contributed by atoms with Gasteiger partial charge < -0.3 is 10.2 Å². The van der Waals surface area contributed by atoms with Gasteiger partial charge in [-0.05, 0) is 84.4 Å². The van der Waals surface area contributed by atoms with Crippen LogP contribution in [0.2, 0.25) is 0 Å². The second-order valence-corrected chi connectivity index (χ2v) is 10.4. The highest BCUT2D eigenvalue weighted by molar-refractivity contribution is 5.65. The van der Waals surface area contributed by atoms with Gasteiger partial charge in [-0.3, -0.25) is 0 Å². The first kappa shape index (κ1) is 20.3. The van der Waals surface area contributed by atoms with Crippen molar-refractivity contribution in [1.29, 1.82) is 0 Å². The molecular formula is C25H36N4. The lowest BCUT2D eigenvalue weighted by Gasteiger charge is -2.50. The van der Waals surface area contributed by atoms with E-state index in [0.717, 1.165) is 30.8 Å². The first-order valence-corrected chi connectivity index (χ1v) is 11.2. The molecule has 1 aliphatic heterocycles. The van der Waals surface area contributed by atoms with Crippen LogP contribution in [-0.4, -0.2) is 33.4 Å². The largest absolute Gasteiger partial charge is 0.349 e. The van der Waals surface area contributed by atoms with Gasteiger partial charge in [0.15, 0.2) is 5.82 Å². The Hall–Kier alpha value is -1.94. The minimum atomic E-state index is 0.130. The van der Waals surface area contributed by atoms with E-state index in [-0.39, 0.29) is 11.1 Å². The summed E-state index contributed by atoms with van der Waals surface area (Å²) in [5.74, 6) is 1.04. The molecule has 1 saturated heterocycles. The van der Waals surface area contributed by atoms with Gasteiger partial charge in [-0.15, -0.1) is 10.2 Å². The third-order valence-electron chi connectivity index (χ3n) is 6.33. The molecule has 1 aromatic heterocycles. The van der Waals surface area contributed by atoms with Crippen molar-refractivity contribution >= 4 is 5.82 Å². The summed E-state index contributed by atoms with van der Waals surface area (Å²) in [6, 6.07) is 12.1. The molecule has 0 amide bonds. The lowest BCUT2D eigenvalue weighted by molar-refractivity contribution is 0.157. The molecule has 4 rings (SSSR count). The van der Waals surface area contributed by atoms with Crippen molar-refractivity contribution in [2.24, 2.45) is 0 Å². The lowest BCUT2D eigenvalue weighted by atomic mass is 9.79. The zero-order valence-corrected chi connectivity index (χ0v) is 18.9. The summed E-state index contributed by atoms with van der Waals surface area (Å²) in [5, 5.41) is 13.2. The molecule has 156 valence electrons. The Bertz CT molecular complexity index is 849. The molecule has 1 saturated carbocycles.